The maximum atomic E-state index is 8.21. The van der Waals surface area contributed by atoms with Gasteiger partial charge < -0.3 is 18.1 Å². The number of halogens is 2. The molecule has 9 heteroatoms. The van der Waals surface area contributed by atoms with E-state index in [-0.39, 0.29) is 18.6 Å². The molecule has 5 aromatic rings. The van der Waals surface area contributed by atoms with E-state index in [0.29, 0.717) is 12.6 Å². The zero-order valence-corrected chi connectivity index (χ0v) is 32.0. The topological polar surface area (TPSA) is 85.6 Å². The fourth-order valence-corrected chi connectivity index (χ4v) is 13.2. The van der Waals surface area contributed by atoms with Crippen LogP contribution in [0.1, 0.15) is 55.8 Å². The molecular weight excluding hydrogens is 704 g/mol. The molecule has 0 saturated heterocycles. The Morgan fingerprint density at radius 3 is 1.71 bits per heavy atom. The second kappa shape index (κ2) is 18.9. The Morgan fingerprint density at radius 2 is 1.15 bits per heavy atom. The molecule has 0 spiro atoms. The van der Waals surface area contributed by atoms with E-state index in [0.717, 1.165) is 62.1 Å². The molecule has 0 bridgehead atoms. The van der Waals surface area contributed by atoms with Gasteiger partial charge in [-0.15, -0.1) is 0 Å². The molecule has 0 aliphatic carbocycles. The number of aliphatic imine (C=N–C) groups is 1. The van der Waals surface area contributed by atoms with E-state index in [1.807, 2.05) is 30.3 Å². The van der Waals surface area contributed by atoms with Crippen molar-refractivity contribution in [2.24, 2.45) is 10.7 Å². The first kappa shape index (κ1) is 38.9. The molecule has 0 radical (unpaired) electrons. The number of nitrogens with one attached hydrogen (secondary N) is 3. The summed E-state index contributed by atoms with van der Waals surface area (Å²) in [6, 6.07) is 50.9. The van der Waals surface area contributed by atoms with Gasteiger partial charge in [0.1, 0.15) is 0 Å². The van der Waals surface area contributed by atoms with Crippen LogP contribution in [0.5, 0.6) is 5.75 Å². The molecule has 6 nitrogen and oxygen atoms in total. The van der Waals surface area contributed by atoms with Crippen LogP contribution >= 0.6 is 17.2 Å². The van der Waals surface area contributed by atoms with Crippen LogP contribution in [0.4, 0.5) is 0 Å². The molecule has 0 fully saturated rings. The van der Waals surface area contributed by atoms with E-state index < -0.39 is 5.96 Å². The smallest absolute Gasteiger partial charge is 1.00 e. The molecule has 1 unspecified atom stereocenters. The van der Waals surface area contributed by atoms with Gasteiger partial charge in [-0.3, -0.25) is 10.3 Å². The van der Waals surface area contributed by atoms with Gasteiger partial charge in [0.15, 0.2) is 6.17 Å². The molecule has 0 amide bonds. The second-order valence-corrected chi connectivity index (χ2v) is 19.8. The van der Waals surface area contributed by atoms with Gasteiger partial charge in [0.2, 0.25) is 0 Å². The standard InChI is InChI=1S/C43H49ClN5OP.ClH/c44-51(38-21-11-6-12-22-38,39-23-13-7-14-24-39,40-25-15-8-16-26-40)34-18-4-2-1-3-17-33-50-37-29-27-36(28-30-37)41-47-42(45)49-43(48-41)46-32-31-35-19-9-5-10-20-35;/h5-16,19-30,41H,1-4,17-18,31-34H2,(H4,45,46,47,48,49);1H. The maximum absolute atomic E-state index is 8.21. The Bertz CT molecular complexity index is 1760. The van der Waals surface area contributed by atoms with Crippen molar-refractivity contribution in [1.29, 1.82) is 0 Å². The van der Waals surface area contributed by atoms with Crippen LogP contribution in [0.15, 0.2) is 151 Å². The average molecular weight is 755 g/mol. The SMILES string of the molecule is NC1=NC(c2ccc(OCCCCCCCCP(Cl)(c3ccccc3)(c3ccccc3)c3ccccc3)cc2)NC(=[NH+]CCc2ccccc2)N1.[Cl-]. The number of nitrogens with zero attached hydrogens (tertiary/aromatic N) is 1. The summed E-state index contributed by atoms with van der Waals surface area (Å²) in [6.45, 7) is 1.48. The van der Waals surface area contributed by atoms with Gasteiger partial charge in [-0.1, -0.05) is 30.3 Å². The Morgan fingerprint density at radius 1 is 0.654 bits per heavy atom. The summed E-state index contributed by atoms with van der Waals surface area (Å²) in [6.07, 6.45) is 8.35. The molecule has 272 valence electrons. The molecule has 5 aromatic carbocycles. The molecule has 1 heterocycles. The number of hydrogen-bond acceptors (Lipinski definition) is 3. The van der Waals surface area contributed by atoms with Gasteiger partial charge in [-0.05, 0) is 5.56 Å². The van der Waals surface area contributed by atoms with Crippen molar-refractivity contribution in [3.63, 3.8) is 0 Å². The molecule has 0 aromatic heterocycles. The predicted molar refractivity (Wildman–Crippen MR) is 217 cm³/mol. The van der Waals surface area contributed by atoms with E-state index in [2.05, 4.69) is 136 Å². The molecule has 1 aliphatic heterocycles. The summed E-state index contributed by atoms with van der Waals surface area (Å²) in [7, 11) is 0. The van der Waals surface area contributed by atoms with Gasteiger partial charge in [0.05, 0.1) is 6.54 Å². The van der Waals surface area contributed by atoms with Crippen LogP contribution in [0, 0.1) is 0 Å². The Balaban J connectivity index is 0.00000523. The minimum absolute atomic E-state index is 0. The quantitative estimate of drug-likeness (QED) is 0.0869. The predicted octanol–water partition coefficient (Wildman–Crippen LogP) is 3.28. The zero-order chi connectivity index (χ0) is 35.2. The molecular formula is C43H50Cl2N5OP. The van der Waals surface area contributed by atoms with Gasteiger partial charge >= 0.3 is 216 Å². The summed E-state index contributed by atoms with van der Waals surface area (Å²) in [5, 5.41) is 10.2. The van der Waals surface area contributed by atoms with Crippen molar-refractivity contribution in [3.05, 3.63) is 157 Å². The van der Waals surface area contributed by atoms with Crippen molar-refractivity contribution in [1.82, 2.24) is 10.6 Å². The Hall–Kier alpha value is -4.35. The molecule has 0 saturated carbocycles. The van der Waals surface area contributed by atoms with Crippen LogP contribution < -0.4 is 54.4 Å². The van der Waals surface area contributed by atoms with Crippen LogP contribution in [-0.2, 0) is 6.42 Å². The first-order valence-corrected chi connectivity index (χ1v) is 21.5. The van der Waals surface area contributed by atoms with Crippen molar-refractivity contribution < 1.29 is 22.1 Å². The average Bonchev–Trinajstić information content (AvgIpc) is 3.19. The number of guanidine groups is 2. The number of nitrogens with two attached hydrogens (primary N) is 1. The molecule has 6 rings (SSSR count). The summed E-state index contributed by atoms with van der Waals surface area (Å²) >= 11 is 8.21. The molecule has 52 heavy (non-hydrogen) atoms. The third-order valence-electron chi connectivity index (χ3n) is 9.68. The summed E-state index contributed by atoms with van der Waals surface area (Å²) in [5.74, 6) is -1.16. The first-order valence-electron chi connectivity index (χ1n) is 18.2. The fourth-order valence-electron chi connectivity index (χ4n) is 6.94. The zero-order valence-electron chi connectivity index (χ0n) is 29.6. The number of ether oxygens (including phenoxy) is 1. The van der Waals surface area contributed by atoms with E-state index in [9.17, 15) is 0 Å². The van der Waals surface area contributed by atoms with Gasteiger partial charge in [-0.25, -0.2) is 5.32 Å². The van der Waals surface area contributed by atoms with Gasteiger partial charge in [0.25, 0.3) is 5.96 Å². The fraction of sp³-hybridized carbons (Fsp3) is 0.256. The van der Waals surface area contributed by atoms with E-state index in [1.165, 1.54) is 34.3 Å². The minimum atomic E-state index is -3.17. The summed E-state index contributed by atoms with van der Waals surface area (Å²) in [4.78, 5) is 7.94. The van der Waals surface area contributed by atoms with Crippen LogP contribution in [0.25, 0.3) is 0 Å². The van der Waals surface area contributed by atoms with Crippen LogP contribution in [-0.4, -0.2) is 31.2 Å². The number of unbranched alkanes of at least 4 members (excludes halogenated alkanes) is 5. The number of hydrogen-bond donors (Lipinski definition) is 4. The third-order valence-corrected chi connectivity index (χ3v) is 17.2. The van der Waals surface area contributed by atoms with E-state index in [4.69, 9.17) is 21.7 Å². The molecule has 5 N–H and O–H groups in total. The molecule has 1 atom stereocenters. The summed E-state index contributed by atoms with van der Waals surface area (Å²) in [5.41, 5.74) is 8.41. The number of rotatable bonds is 17. The van der Waals surface area contributed by atoms with E-state index >= 15 is 0 Å². The van der Waals surface area contributed by atoms with Crippen molar-refractivity contribution in [2.75, 3.05) is 19.3 Å². The van der Waals surface area contributed by atoms with Gasteiger partial charge in [0, 0.05) is 12.0 Å². The monoisotopic (exact) mass is 753 g/mol. The molecule has 1 aliphatic rings. The van der Waals surface area contributed by atoms with E-state index in [1.54, 1.807) is 0 Å². The minimum Gasteiger partial charge on any atom is -1.00 e. The van der Waals surface area contributed by atoms with Crippen molar-refractivity contribution in [2.45, 2.75) is 51.1 Å². The first-order chi connectivity index (χ1) is 25.0. The Labute approximate surface area is 320 Å². The summed E-state index contributed by atoms with van der Waals surface area (Å²) < 4.78 is 6.10. The Kier molecular flexibility index (Phi) is 14.2. The number of benzene rings is 5. The third kappa shape index (κ3) is 9.54. The normalized spacial score (nSPS) is 15.6. The second-order valence-electron chi connectivity index (χ2n) is 13.2. The van der Waals surface area contributed by atoms with Crippen molar-refractivity contribution in [3.8, 4) is 5.75 Å². The van der Waals surface area contributed by atoms with Gasteiger partial charge in [-0.2, -0.15) is 4.99 Å². The van der Waals surface area contributed by atoms with Crippen LogP contribution in [0.2, 0.25) is 0 Å². The van der Waals surface area contributed by atoms with Crippen LogP contribution in [0.3, 0.4) is 0 Å². The van der Waals surface area contributed by atoms with Crippen molar-refractivity contribution >= 4 is 45.0 Å².